The molecule has 0 unspecified atom stereocenters. The van der Waals surface area contributed by atoms with Gasteiger partial charge in [0, 0.05) is 17.3 Å². The number of fused-ring (bicyclic) bond motifs is 1. The molecule has 7 nitrogen and oxygen atoms in total. The van der Waals surface area contributed by atoms with Crippen LogP contribution in [0.15, 0.2) is 36.0 Å². The van der Waals surface area contributed by atoms with Gasteiger partial charge >= 0.3 is 5.97 Å². The van der Waals surface area contributed by atoms with Crippen LogP contribution < -0.4 is 11.1 Å². The number of amides is 2. The van der Waals surface area contributed by atoms with Gasteiger partial charge in [-0.2, -0.15) is 0 Å². The molecule has 3 N–H and O–H groups in total. The predicted octanol–water partition coefficient (Wildman–Crippen LogP) is 3.37. The Morgan fingerprint density at radius 3 is 2.69 bits per heavy atom. The van der Waals surface area contributed by atoms with Gasteiger partial charge < -0.3 is 20.4 Å². The summed E-state index contributed by atoms with van der Waals surface area (Å²) >= 11 is 2.79. The zero-order chi connectivity index (χ0) is 20.4. The Kier molecular flexibility index (Phi) is 5.50. The van der Waals surface area contributed by atoms with Crippen LogP contribution in [0.1, 0.15) is 44.0 Å². The van der Waals surface area contributed by atoms with Crippen LogP contribution in [0.3, 0.4) is 0 Å². The van der Waals surface area contributed by atoms with Gasteiger partial charge in [0.25, 0.3) is 11.8 Å². The van der Waals surface area contributed by atoms with Crippen LogP contribution in [-0.4, -0.2) is 29.0 Å². The summed E-state index contributed by atoms with van der Waals surface area (Å²) in [5, 5.41) is 5.40. The van der Waals surface area contributed by atoms with Crippen LogP contribution in [0.25, 0.3) is 5.00 Å². The van der Waals surface area contributed by atoms with Crippen molar-refractivity contribution in [1.82, 2.24) is 4.57 Å². The zero-order valence-electron chi connectivity index (χ0n) is 15.5. The lowest BCUT2D eigenvalue weighted by Crippen LogP contribution is -2.23. The van der Waals surface area contributed by atoms with Crippen molar-refractivity contribution < 1.29 is 19.1 Å². The van der Waals surface area contributed by atoms with Crippen LogP contribution in [0.4, 0.5) is 5.00 Å². The first-order valence-corrected chi connectivity index (χ1v) is 10.9. The summed E-state index contributed by atoms with van der Waals surface area (Å²) in [4.78, 5) is 37.7. The lowest BCUT2D eigenvalue weighted by molar-refractivity contribution is -0.119. The minimum atomic E-state index is -0.625. The van der Waals surface area contributed by atoms with Gasteiger partial charge in [-0.15, -0.1) is 22.7 Å². The third kappa shape index (κ3) is 3.96. The van der Waals surface area contributed by atoms with E-state index in [0.29, 0.717) is 10.6 Å². The standard InChI is InChI=1S/C20H19N3O4S2/c21-17(25)13-7-10-28-18(13)22-15(24)11-27-20(26)16-12-5-1-2-6-14(12)29-19(16)23-8-3-4-9-23/h3-4,7-10H,1-2,5-6,11H2,(H2,21,25)(H,22,24). The molecule has 29 heavy (non-hydrogen) atoms. The quantitative estimate of drug-likeness (QED) is 0.586. The number of esters is 1. The first-order valence-electron chi connectivity index (χ1n) is 9.16. The number of carbonyl (C=O) groups is 3. The maximum atomic E-state index is 12.9. The highest BCUT2D eigenvalue weighted by molar-refractivity contribution is 7.15. The number of hydrogen-bond acceptors (Lipinski definition) is 6. The van der Waals surface area contributed by atoms with Gasteiger partial charge in [-0.1, -0.05) is 0 Å². The third-order valence-electron chi connectivity index (χ3n) is 4.71. The number of nitrogens with two attached hydrogens (primary N) is 1. The minimum absolute atomic E-state index is 0.233. The highest BCUT2D eigenvalue weighted by Gasteiger charge is 2.27. The Morgan fingerprint density at radius 1 is 1.17 bits per heavy atom. The topological polar surface area (TPSA) is 103 Å². The molecule has 0 saturated carbocycles. The second kappa shape index (κ2) is 8.22. The number of aryl methyl sites for hydroxylation is 1. The van der Waals surface area contributed by atoms with E-state index in [4.69, 9.17) is 10.5 Å². The molecule has 2 amide bonds. The summed E-state index contributed by atoms with van der Waals surface area (Å²) in [6.07, 6.45) is 7.71. The molecular formula is C20H19N3O4S2. The van der Waals surface area contributed by atoms with E-state index in [1.165, 1.54) is 22.3 Å². The number of nitrogens with one attached hydrogen (secondary N) is 1. The number of ether oxygens (including phenoxy) is 1. The lowest BCUT2D eigenvalue weighted by Gasteiger charge is -2.13. The third-order valence-corrected chi connectivity index (χ3v) is 6.85. The maximum absolute atomic E-state index is 12.9. The first-order chi connectivity index (χ1) is 14.0. The van der Waals surface area contributed by atoms with Crippen molar-refractivity contribution in [1.29, 1.82) is 0 Å². The molecule has 4 rings (SSSR count). The lowest BCUT2D eigenvalue weighted by atomic mass is 9.95. The van der Waals surface area contributed by atoms with Crippen molar-refractivity contribution in [2.45, 2.75) is 25.7 Å². The van der Waals surface area contributed by atoms with Gasteiger partial charge in [-0.25, -0.2) is 4.79 Å². The molecule has 1 aliphatic carbocycles. The number of thiophene rings is 2. The molecule has 0 atom stereocenters. The number of carbonyl (C=O) groups excluding carboxylic acids is 3. The van der Waals surface area contributed by atoms with Crippen LogP contribution in [0.5, 0.6) is 0 Å². The number of nitrogens with zero attached hydrogens (tertiary/aromatic N) is 1. The fourth-order valence-electron chi connectivity index (χ4n) is 3.38. The number of hydrogen-bond donors (Lipinski definition) is 2. The van der Waals surface area contributed by atoms with Crippen LogP contribution in [0, 0.1) is 0 Å². The van der Waals surface area contributed by atoms with E-state index in [1.54, 1.807) is 16.7 Å². The summed E-state index contributed by atoms with van der Waals surface area (Å²) in [6, 6.07) is 5.34. The molecule has 0 spiro atoms. The van der Waals surface area contributed by atoms with E-state index >= 15 is 0 Å². The summed E-state index contributed by atoms with van der Waals surface area (Å²) in [5.41, 5.74) is 7.09. The van der Waals surface area contributed by atoms with Crippen LogP contribution in [-0.2, 0) is 22.4 Å². The van der Waals surface area contributed by atoms with Crippen LogP contribution in [0.2, 0.25) is 0 Å². The molecule has 3 aromatic heterocycles. The van der Waals surface area contributed by atoms with E-state index in [-0.39, 0.29) is 5.56 Å². The molecule has 0 saturated heterocycles. The zero-order valence-corrected chi connectivity index (χ0v) is 17.1. The number of rotatable bonds is 6. The van der Waals surface area contributed by atoms with Crippen molar-refractivity contribution in [3.05, 3.63) is 57.5 Å². The van der Waals surface area contributed by atoms with Gasteiger partial charge in [-0.05, 0) is 54.8 Å². The van der Waals surface area contributed by atoms with E-state index < -0.39 is 24.4 Å². The van der Waals surface area contributed by atoms with Crippen LogP contribution >= 0.6 is 22.7 Å². The van der Waals surface area contributed by atoms with E-state index in [0.717, 1.165) is 36.2 Å². The largest absolute Gasteiger partial charge is 0.452 e. The normalized spacial score (nSPS) is 13.0. The molecule has 3 aromatic rings. The summed E-state index contributed by atoms with van der Waals surface area (Å²) < 4.78 is 7.24. The number of aromatic nitrogens is 1. The van der Waals surface area contributed by atoms with Crippen molar-refractivity contribution in [2.24, 2.45) is 5.73 Å². The highest BCUT2D eigenvalue weighted by Crippen LogP contribution is 2.37. The fourth-order valence-corrected chi connectivity index (χ4v) is 5.53. The molecule has 150 valence electrons. The maximum Gasteiger partial charge on any atom is 0.341 e. The van der Waals surface area contributed by atoms with Crippen molar-refractivity contribution >= 4 is 45.5 Å². The highest BCUT2D eigenvalue weighted by atomic mass is 32.1. The Hall–Kier alpha value is -2.91. The molecule has 3 heterocycles. The minimum Gasteiger partial charge on any atom is -0.452 e. The molecule has 0 fully saturated rings. The molecular weight excluding hydrogens is 410 g/mol. The smallest absolute Gasteiger partial charge is 0.341 e. The number of primary amides is 1. The van der Waals surface area contributed by atoms with Gasteiger partial charge in [0.05, 0.1) is 11.1 Å². The van der Waals surface area contributed by atoms with Crippen molar-refractivity contribution in [3.8, 4) is 5.00 Å². The Morgan fingerprint density at radius 2 is 1.93 bits per heavy atom. The molecule has 0 aliphatic heterocycles. The SMILES string of the molecule is NC(=O)c1ccsc1NC(=O)COC(=O)c1c(-n2cccc2)sc2c1CCCC2. The van der Waals surface area contributed by atoms with Gasteiger partial charge in [0.1, 0.15) is 10.0 Å². The van der Waals surface area contributed by atoms with Crippen molar-refractivity contribution in [3.63, 3.8) is 0 Å². The average molecular weight is 430 g/mol. The molecule has 0 aromatic carbocycles. The molecule has 1 aliphatic rings. The molecule has 9 heteroatoms. The molecule has 0 radical (unpaired) electrons. The Bertz CT molecular complexity index is 1070. The fraction of sp³-hybridized carbons (Fsp3) is 0.250. The first kappa shape index (κ1) is 19.4. The second-order valence-electron chi connectivity index (χ2n) is 6.63. The van der Waals surface area contributed by atoms with E-state index in [2.05, 4.69) is 5.32 Å². The Balaban J connectivity index is 1.50. The summed E-state index contributed by atoms with van der Waals surface area (Å²) in [6.45, 7) is -0.440. The number of anilines is 1. The van der Waals surface area contributed by atoms with Gasteiger partial charge in [0.2, 0.25) is 0 Å². The second-order valence-corrected chi connectivity index (χ2v) is 8.63. The molecule has 0 bridgehead atoms. The van der Waals surface area contributed by atoms with Crippen molar-refractivity contribution in [2.75, 3.05) is 11.9 Å². The Labute approximate surface area is 175 Å². The van der Waals surface area contributed by atoms with E-state index in [1.807, 2.05) is 29.1 Å². The van der Waals surface area contributed by atoms with Gasteiger partial charge in [0.15, 0.2) is 6.61 Å². The summed E-state index contributed by atoms with van der Waals surface area (Å²) in [5.74, 6) is -1.65. The average Bonchev–Trinajstić information content (AvgIpc) is 3.44. The monoisotopic (exact) mass is 429 g/mol. The summed E-state index contributed by atoms with van der Waals surface area (Å²) in [7, 11) is 0. The van der Waals surface area contributed by atoms with Gasteiger partial charge in [-0.3, -0.25) is 9.59 Å². The van der Waals surface area contributed by atoms with E-state index in [9.17, 15) is 14.4 Å². The predicted molar refractivity (Wildman–Crippen MR) is 112 cm³/mol.